The summed E-state index contributed by atoms with van der Waals surface area (Å²) in [6.45, 7) is 6.06. The highest BCUT2D eigenvalue weighted by Gasteiger charge is 2.22. The quantitative estimate of drug-likeness (QED) is 0.570. The van der Waals surface area contributed by atoms with E-state index in [9.17, 15) is 9.18 Å². The van der Waals surface area contributed by atoms with Crippen LogP contribution in [0.1, 0.15) is 40.0 Å². The van der Waals surface area contributed by atoms with E-state index < -0.39 is 5.82 Å². The number of halogens is 1. The molecule has 0 atom stereocenters. The number of nitrogens with zero attached hydrogens (tertiary/aromatic N) is 2. The molecule has 2 N–H and O–H groups in total. The number of carbonyl (C=O) groups is 1. The maximum Gasteiger partial charge on any atom is 0.225 e. The highest BCUT2D eigenvalue weighted by molar-refractivity contribution is 5.97. The summed E-state index contributed by atoms with van der Waals surface area (Å²) in [6, 6.07) is 3.41. The number of pyridine rings is 2. The summed E-state index contributed by atoms with van der Waals surface area (Å²) in [5.41, 5.74) is 1.58. The first-order valence-corrected chi connectivity index (χ1v) is 9.73. The van der Waals surface area contributed by atoms with E-state index in [-0.39, 0.29) is 11.6 Å². The first-order chi connectivity index (χ1) is 14.2. The number of methoxy groups -OCH3 is 1. The van der Waals surface area contributed by atoms with Gasteiger partial charge in [0.05, 0.1) is 25.5 Å². The molecule has 3 aromatic rings. The molecule has 29 heavy (non-hydrogen) atoms. The maximum atomic E-state index is 14.2. The highest BCUT2D eigenvalue weighted by Crippen LogP contribution is 2.41. The van der Waals surface area contributed by atoms with E-state index in [1.807, 2.05) is 13.8 Å². The third-order valence-electron chi connectivity index (χ3n) is 3.80. The Labute approximate surface area is 169 Å². The molecule has 0 unspecified atom stereocenters. The van der Waals surface area contributed by atoms with Gasteiger partial charge in [0.1, 0.15) is 11.5 Å². The third-order valence-corrected chi connectivity index (χ3v) is 3.80. The number of H-pyrrole nitrogens is 1. The lowest BCUT2D eigenvalue weighted by Crippen LogP contribution is -2.01. The van der Waals surface area contributed by atoms with Gasteiger partial charge in [-0.05, 0) is 19.1 Å². The molecule has 1 amide bonds. The largest absolute Gasteiger partial charge is 0.490 e. The Morgan fingerprint density at radius 1 is 1.28 bits per heavy atom. The van der Waals surface area contributed by atoms with E-state index in [1.165, 1.54) is 26.4 Å². The lowest BCUT2D eigenvalue weighted by molar-refractivity contribution is -0.105. The zero-order valence-electron chi connectivity index (χ0n) is 17.2. The average Bonchev–Trinajstić information content (AvgIpc) is 3.58. The van der Waals surface area contributed by atoms with Gasteiger partial charge in [-0.15, -0.1) is 0 Å². The second kappa shape index (κ2) is 11.0. The predicted molar refractivity (Wildman–Crippen MR) is 112 cm³/mol. The van der Waals surface area contributed by atoms with Crippen LogP contribution in [0.15, 0.2) is 24.5 Å². The standard InChI is InChI=1S/C16H15FN4O3.C3H6.C2H6/c1-3-24-14-11(17)7-19-16(23-2)13(14)10-6-18-15-9(10)4-5-12(21-15)20-8-22;1-2-3-1;1-2/h4-8H,3H2,1-2H3,(H2,18,20,21,22);1-3H2;1-2H3. The molecule has 3 aromatic heterocycles. The fourth-order valence-electron chi connectivity index (χ4n) is 2.49. The number of carbonyl (C=O) groups excluding carboxylic acids is 1. The van der Waals surface area contributed by atoms with Gasteiger partial charge >= 0.3 is 0 Å². The smallest absolute Gasteiger partial charge is 0.225 e. The summed E-state index contributed by atoms with van der Waals surface area (Å²) in [5, 5.41) is 3.20. The fourth-order valence-corrected chi connectivity index (χ4v) is 2.49. The second-order valence-corrected chi connectivity index (χ2v) is 5.87. The van der Waals surface area contributed by atoms with Crippen molar-refractivity contribution in [2.24, 2.45) is 0 Å². The van der Waals surface area contributed by atoms with E-state index in [2.05, 4.69) is 20.3 Å². The van der Waals surface area contributed by atoms with Crippen molar-refractivity contribution in [3.8, 4) is 22.8 Å². The molecular formula is C21H27FN4O3. The van der Waals surface area contributed by atoms with E-state index >= 15 is 0 Å². The van der Waals surface area contributed by atoms with Crippen LogP contribution in [0.5, 0.6) is 11.6 Å². The topological polar surface area (TPSA) is 89.1 Å². The maximum absolute atomic E-state index is 14.2. The number of hydrogen-bond acceptors (Lipinski definition) is 5. The summed E-state index contributed by atoms with van der Waals surface area (Å²) >= 11 is 0. The first kappa shape index (κ1) is 22.1. The van der Waals surface area contributed by atoms with Gasteiger partial charge in [-0.3, -0.25) is 4.79 Å². The Morgan fingerprint density at radius 3 is 2.59 bits per heavy atom. The molecular weight excluding hydrogens is 375 g/mol. The van der Waals surface area contributed by atoms with Gasteiger partial charge in [-0.2, -0.15) is 0 Å². The highest BCUT2D eigenvalue weighted by atomic mass is 19.1. The first-order valence-electron chi connectivity index (χ1n) is 9.73. The lowest BCUT2D eigenvalue weighted by atomic mass is 10.1. The normalized spacial score (nSPS) is 11.5. The van der Waals surface area contributed by atoms with Crippen LogP contribution in [-0.4, -0.2) is 35.1 Å². The second-order valence-electron chi connectivity index (χ2n) is 5.87. The molecule has 7 nitrogen and oxygen atoms in total. The van der Waals surface area contributed by atoms with Crippen molar-refractivity contribution in [1.82, 2.24) is 15.0 Å². The number of ether oxygens (including phenoxy) is 2. The van der Waals surface area contributed by atoms with Crippen LogP contribution in [0.2, 0.25) is 0 Å². The van der Waals surface area contributed by atoms with Crippen molar-refractivity contribution in [3.05, 3.63) is 30.3 Å². The molecule has 0 aliphatic heterocycles. The Morgan fingerprint density at radius 2 is 2.00 bits per heavy atom. The molecule has 8 heteroatoms. The number of hydrogen-bond donors (Lipinski definition) is 2. The number of aromatic nitrogens is 3. The number of anilines is 1. The zero-order valence-corrected chi connectivity index (χ0v) is 17.2. The fraction of sp³-hybridized carbons (Fsp3) is 0.381. The van der Waals surface area contributed by atoms with Crippen LogP contribution in [-0.2, 0) is 4.79 Å². The van der Waals surface area contributed by atoms with Crippen molar-refractivity contribution < 1.29 is 18.7 Å². The minimum atomic E-state index is -0.575. The average molecular weight is 402 g/mol. The summed E-state index contributed by atoms with van der Waals surface area (Å²) in [4.78, 5) is 21.8. The number of fused-ring (bicyclic) bond motifs is 1. The summed E-state index contributed by atoms with van der Waals surface area (Å²) < 4.78 is 24.9. The predicted octanol–water partition coefficient (Wildman–Crippen LogP) is 4.94. The van der Waals surface area contributed by atoms with Crippen LogP contribution in [0.4, 0.5) is 10.2 Å². The van der Waals surface area contributed by atoms with Gasteiger partial charge in [0.15, 0.2) is 11.6 Å². The molecule has 0 aromatic carbocycles. The van der Waals surface area contributed by atoms with Gasteiger partial charge in [0, 0.05) is 17.1 Å². The summed E-state index contributed by atoms with van der Waals surface area (Å²) in [7, 11) is 1.46. The van der Waals surface area contributed by atoms with Gasteiger partial charge in [0.25, 0.3) is 0 Å². The Bertz CT molecular complexity index is 938. The number of rotatable bonds is 6. The number of amides is 1. The van der Waals surface area contributed by atoms with Crippen molar-refractivity contribution >= 4 is 23.3 Å². The van der Waals surface area contributed by atoms with Crippen LogP contribution in [0.3, 0.4) is 0 Å². The number of aromatic amines is 1. The third kappa shape index (κ3) is 5.43. The molecule has 156 valence electrons. The van der Waals surface area contributed by atoms with E-state index in [0.29, 0.717) is 35.6 Å². The number of nitrogens with one attached hydrogen (secondary N) is 2. The summed E-state index contributed by atoms with van der Waals surface area (Å²) in [5.74, 6) is 0.144. The lowest BCUT2D eigenvalue weighted by Gasteiger charge is -2.13. The molecule has 4 rings (SSSR count). The Kier molecular flexibility index (Phi) is 8.39. The van der Waals surface area contributed by atoms with Crippen LogP contribution >= 0.6 is 0 Å². The SMILES string of the molecule is C1CC1.CC.CCOc1c(F)cnc(OC)c1-c1c[nH]c2nc(NC=O)ccc12. The molecule has 1 fully saturated rings. The van der Waals surface area contributed by atoms with E-state index in [1.54, 1.807) is 25.3 Å². The van der Waals surface area contributed by atoms with Gasteiger partial charge in [-0.25, -0.2) is 14.4 Å². The molecule has 0 radical (unpaired) electrons. The molecule has 0 spiro atoms. The van der Waals surface area contributed by atoms with E-state index in [4.69, 9.17) is 9.47 Å². The van der Waals surface area contributed by atoms with Gasteiger partial charge in [0.2, 0.25) is 12.3 Å². The van der Waals surface area contributed by atoms with Crippen molar-refractivity contribution in [2.75, 3.05) is 19.0 Å². The van der Waals surface area contributed by atoms with Crippen molar-refractivity contribution in [1.29, 1.82) is 0 Å². The monoisotopic (exact) mass is 402 g/mol. The van der Waals surface area contributed by atoms with Crippen molar-refractivity contribution in [2.45, 2.75) is 40.0 Å². The Balaban J connectivity index is 0.000000535. The van der Waals surface area contributed by atoms with Crippen molar-refractivity contribution in [3.63, 3.8) is 0 Å². The van der Waals surface area contributed by atoms with Gasteiger partial charge in [-0.1, -0.05) is 33.1 Å². The minimum absolute atomic E-state index is 0.0698. The van der Waals surface area contributed by atoms with Crippen LogP contribution in [0.25, 0.3) is 22.2 Å². The van der Waals surface area contributed by atoms with Crippen LogP contribution < -0.4 is 14.8 Å². The molecule has 1 saturated carbocycles. The molecule has 0 bridgehead atoms. The zero-order chi connectivity index (χ0) is 21.2. The molecule has 0 saturated heterocycles. The molecule has 1 aliphatic carbocycles. The minimum Gasteiger partial charge on any atom is -0.490 e. The van der Waals surface area contributed by atoms with E-state index in [0.717, 1.165) is 11.6 Å². The van der Waals surface area contributed by atoms with Crippen LogP contribution in [0, 0.1) is 5.82 Å². The molecule has 3 heterocycles. The van der Waals surface area contributed by atoms with Gasteiger partial charge < -0.3 is 19.8 Å². The summed E-state index contributed by atoms with van der Waals surface area (Å²) in [6.07, 6.45) is 7.78. The Hall–Kier alpha value is -3.16. The molecule has 1 aliphatic rings.